The Balaban J connectivity index is 1.46. The minimum Gasteiger partial charge on any atom is -0.370 e. The quantitative estimate of drug-likeness (QED) is 0.498. The first kappa shape index (κ1) is 21.7. The summed E-state index contributed by atoms with van der Waals surface area (Å²) in [6.45, 7) is 3.27. The lowest BCUT2D eigenvalue weighted by molar-refractivity contribution is -0.137. The molecule has 4 rings (SSSR count). The van der Waals surface area contributed by atoms with Gasteiger partial charge in [0.05, 0.1) is 5.56 Å². The van der Waals surface area contributed by atoms with Crippen molar-refractivity contribution in [3.63, 3.8) is 0 Å². The number of aromatic nitrogens is 1. The van der Waals surface area contributed by atoms with E-state index in [2.05, 4.69) is 39.5 Å². The van der Waals surface area contributed by atoms with Crippen LogP contribution in [0.1, 0.15) is 22.6 Å². The fourth-order valence-corrected chi connectivity index (χ4v) is 4.25. The molecule has 1 aliphatic heterocycles. The first-order valence-corrected chi connectivity index (χ1v) is 10.5. The normalized spacial score (nSPS) is 19.5. The SMILES string of the molecule is FC(F)(F)c1ccc(NCC2CN(Cc3ccccc3)CC2c2ccc(Cl)cc2)nc1. The Hall–Kier alpha value is -2.57. The maximum absolute atomic E-state index is 12.8. The minimum absolute atomic E-state index is 0.286. The number of anilines is 1. The van der Waals surface area contributed by atoms with Crippen LogP contribution in [0.2, 0.25) is 5.02 Å². The number of hydrogen-bond acceptors (Lipinski definition) is 3. The van der Waals surface area contributed by atoms with E-state index in [1.54, 1.807) is 0 Å². The Labute approximate surface area is 184 Å². The molecule has 2 heterocycles. The minimum atomic E-state index is -4.38. The van der Waals surface area contributed by atoms with E-state index in [1.807, 2.05) is 30.3 Å². The zero-order valence-corrected chi connectivity index (χ0v) is 17.6. The average molecular weight is 446 g/mol. The second kappa shape index (κ2) is 9.28. The molecule has 0 radical (unpaired) electrons. The molecule has 1 aliphatic rings. The topological polar surface area (TPSA) is 28.2 Å². The predicted octanol–water partition coefficient (Wildman–Crippen LogP) is 6.08. The Morgan fingerprint density at radius 1 is 0.968 bits per heavy atom. The summed E-state index contributed by atoms with van der Waals surface area (Å²) in [7, 11) is 0. The van der Waals surface area contributed by atoms with Gasteiger partial charge in [-0.25, -0.2) is 4.98 Å². The van der Waals surface area contributed by atoms with Gasteiger partial charge in [-0.15, -0.1) is 0 Å². The molecular weight excluding hydrogens is 423 g/mol. The summed E-state index contributed by atoms with van der Waals surface area (Å²) in [5.74, 6) is 1.03. The summed E-state index contributed by atoms with van der Waals surface area (Å²) in [4.78, 5) is 6.36. The first-order chi connectivity index (χ1) is 14.9. The van der Waals surface area contributed by atoms with E-state index >= 15 is 0 Å². The molecule has 1 aromatic heterocycles. The van der Waals surface area contributed by atoms with Gasteiger partial charge in [-0.1, -0.05) is 54.1 Å². The largest absolute Gasteiger partial charge is 0.417 e. The fraction of sp³-hybridized carbons (Fsp3) is 0.292. The highest BCUT2D eigenvalue weighted by atomic mass is 35.5. The van der Waals surface area contributed by atoms with Gasteiger partial charge in [-0.05, 0) is 41.3 Å². The van der Waals surface area contributed by atoms with Crippen molar-refractivity contribution in [1.29, 1.82) is 0 Å². The van der Waals surface area contributed by atoms with E-state index in [0.29, 0.717) is 23.3 Å². The number of hydrogen-bond donors (Lipinski definition) is 1. The van der Waals surface area contributed by atoms with Crippen molar-refractivity contribution in [2.75, 3.05) is 25.0 Å². The molecular formula is C24H23ClF3N3. The van der Waals surface area contributed by atoms with Gasteiger partial charge in [0.15, 0.2) is 0 Å². The van der Waals surface area contributed by atoms with Gasteiger partial charge in [0.1, 0.15) is 5.82 Å². The predicted molar refractivity (Wildman–Crippen MR) is 117 cm³/mol. The third-order valence-electron chi connectivity index (χ3n) is 5.70. The molecule has 162 valence electrons. The molecule has 7 heteroatoms. The highest BCUT2D eigenvalue weighted by Crippen LogP contribution is 2.34. The summed E-state index contributed by atoms with van der Waals surface area (Å²) >= 11 is 6.07. The molecule has 1 N–H and O–H groups in total. The standard InChI is InChI=1S/C24H23ClF3N3/c25-21-9-6-18(7-10-21)22-16-31(14-17-4-2-1-3-5-17)15-19(22)12-29-23-11-8-20(13-30-23)24(26,27)28/h1-11,13,19,22H,12,14-16H2,(H,29,30). The number of halogens is 4. The molecule has 0 bridgehead atoms. The molecule has 2 aromatic carbocycles. The van der Waals surface area contributed by atoms with Crippen molar-refractivity contribution in [3.8, 4) is 0 Å². The molecule has 3 aromatic rings. The summed E-state index contributed by atoms with van der Waals surface area (Å²) in [6.07, 6.45) is -3.51. The summed E-state index contributed by atoms with van der Waals surface area (Å²) < 4.78 is 38.3. The molecule has 1 fully saturated rings. The number of nitrogens with zero attached hydrogens (tertiary/aromatic N) is 2. The molecule has 0 spiro atoms. The lowest BCUT2D eigenvalue weighted by Gasteiger charge is -2.20. The Morgan fingerprint density at radius 3 is 2.35 bits per heavy atom. The number of benzene rings is 2. The van der Waals surface area contributed by atoms with Crippen molar-refractivity contribution in [1.82, 2.24) is 9.88 Å². The van der Waals surface area contributed by atoms with Crippen LogP contribution in [0.15, 0.2) is 72.9 Å². The van der Waals surface area contributed by atoms with Gasteiger partial charge < -0.3 is 5.32 Å². The van der Waals surface area contributed by atoms with Crippen molar-refractivity contribution in [2.45, 2.75) is 18.6 Å². The van der Waals surface area contributed by atoms with Gasteiger partial charge in [-0.3, -0.25) is 4.90 Å². The van der Waals surface area contributed by atoms with Crippen molar-refractivity contribution < 1.29 is 13.2 Å². The van der Waals surface area contributed by atoms with E-state index in [9.17, 15) is 13.2 Å². The molecule has 0 amide bonds. The van der Waals surface area contributed by atoms with Gasteiger partial charge in [0.2, 0.25) is 0 Å². The maximum Gasteiger partial charge on any atom is 0.417 e. The molecule has 0 saturated carbocycles. The number of pyridine rings is 1. The van der Waals surface area contributed by atoms with Gasteiger partial charge in [0, 0.05) is 43.3 Å². The van der Waals surface area contributed by atoms with Crippen LogP contribution < -0.4 is 5.32 Å². The summed E-state index contributed by atoms with van der Waals surface area (Å²) in [6, 6.07) is 20.7. The maximum atomic E-state index is 12.8. The lowest BCUT2D eigenvalue weighted by atomic mass is 9.89. The smallest absolute Gasteiger partial charge is 0.370 e. The van der Waals surface area contributed by atoms with Crippen LogP contribution in [0, 0.1) is 5.92 Å². The van der Waals surface area contributed by atoms with Crippen LogP contribution in [-0.4, -0.2) is 29.5 Å². The molecule has 1 saturated heterocycles. The Bertz CT molecular complexity index is 976. The highest BCUT2D eigenvalue weighted by molar-refractivity contribution is 6.30. The van der Waals surface area contributed by atoms with Crippen LogP contribution in [-0.2, 0) is 12.7 Å². The van der Waals surface area contributed by atoms with Gasteiger partial charge in [-0.2, -0.15) is 13.2 Å². The Kier molecular flexibility index (Phi) is 6.49. The van der Waals surface area contributed by atoms with E-state index in [-0.39, 0.29) is 5.92 Å². The van der Waals surface area contributed by atoms with E-state index in [4.69, 9.17) is 11.6 Å². The van der Waals surface area contributed by atoms with Crippen LogP contribution in [0.3, 0.4) is 0 Å². The molecule has 31 heavy (non-hydrogen) atoms. The van der Waals surface area contributed by atoms with Crippen molar-refractivity contribution in [2.24, 2.45) is 5.92 Å². The highest BCUT2D eigenvalue weighted by Gasteiger charge is 2.34. The van der Waals surface area contributed by atoms with Crippen LogP contribution >= 0.6 is 11.6 Å². The second-order valence-electron chi connectivity index (χ2n) is 7.91. The first-order valence-electron chi connectivity index (χ1n) is 10.2. The summed E-state index contributed by atoms with van der Waals surface area (Å²) in [5.41, 5.74) is 1.73. The third-order valence-corrected chi connectivity index (χ3v) is 5.95. The second-order valence-corrected chi connectivity index (χ2v) is 8.35. The number of rotatable bonds is 6. The average Bonchev–Trinajstić information content (AvgIpc) is 3.16. The van der Waals surface area contributed by atoms with Crippen LogP contribution in [0.25, 0.3) is 0 Å². The molecule has 2 atom stereocenters. The van der Waals surface area contributed by atoms with Gasteiger partial charge >= 0.3 is 6.18 Å². The number of alkyl halides is 3. The molecule has 3 nitrogen and oxygen atoms in total. The van der Waals surface area contributed by atoms with Crippen molar-refractivity contribution in [3.05, 3.63) is 94.6 Å². The van der Waals surface area contributed by atoms with Gasteiger partial charge in [0.25, 0.3) is 0 Å². The lowest BCUT2D eigenvalue weighted by Crippen LogP contribution is -2.23. The number of likely N-dealkylation sites (tertiary alicyclic amines) is 1. The van der Waals surface area contributed by atoms with Crippen LogP contribution in [0.5, 0.6) is 0 Å². The Morgan fingerprint density at radius 2 is 1.71 bits per heavy atom. The molecule has 2 unspecified atom stereocenters. The number of nitrogens with one attached hydrogen (secondary N) is 1. The monoisotopic (exact) mass is 445 g/mol. The zero-order valence-electron chi connectivity index (χ0n) is 16.8. The van der Waals surface area contributed by atoms with Crippen LogP contribution in [0.4, 0.5) is 19.0 Å². The fourth-order valence-electron chi connectivity index (χ4n) is 4.13. The van der Waals surface area contributed by atoms with E-state index in [1.165, 1.54) is 17.2 Å². The van der Waals surface area contributed by atoms with Crippen molar-refractivity contribution >= 4 is 17.4 Å². The zero-order chi connectivity index (χ0) is 21.8. The molecule has 0 aliphatic carbocycles. The summed E-state index contributed by atoms with van der Waals surface area (Å²) in [5, 5.41) is 3.93. The van der Waals surface area contributed by atoms with E-state index in [0.717, 1.165) is 31.9 Å². The third kappa shape index (κ3) is 5.57. The van der Waals surface area contributed by atoms with E-state index < -0.39 is 11.7 Å².